The van der Waals surface area contributed by atoms with Crippen LogP contribution in [0.3, 0.4) is 0 Å². The van der Waals surface area contributed by atoms with Crippen LogP contribution in [0.5, 0.6) is 0 Å². The highest BCUT2D eigenvalue weighted by molar-refractivity contribution is 7.14. The summed E-state index contributed by atoms with van der Waals surface area (Å²) in [4.78, 5) is 27.1. The molecule has 2 rings (SSSR count). The minimum atomic E-state index is -0.183. The number of carbonyl (C=O) groups is 2. The summed E-state index contributed by atoms with van der Waals surface area (Å²) in [5.41, 5.74) is 5.33. The van der Waals surface area contributed by atoms with Crippen LogP contribution in [0.2, 0.25) is 0 Å². The van der Waals surface area contributed by atoms with Gasteiger partial charge in [0, 0.05) is 13.1 Å². The molecule has 6 heteroatoms. The zero-order valence-electron chi connectivity index (χ0n) is 11.9. The number of thiophene rings is 1. The Morgan fingerprint density at radius 2 is 2.14 bits per heavy atom. The Bertz CT molecular complexity index is 577. The van der Waals surface area contributed by atoms with Gasteiger partial charge in [-0.1, -0.05) is 11.8 Å². The van der Waals surface area contributed by atoms with Crippen LogP contribution in [0.4, 0.5) is 0 Å². The lowest BCUT2D eigenvalue weighted by Gasteiger charge is -2.30. The molecule has 21 heavy (non-hydrogen) atoms. The summed E-state index contributed by atoms with van der Waals surface area (Å²) in [6, 6.07) is 3.63. The van der Waals surface area contributed by atoms with Crippen LogP contribution < -0.4 is 5.73 Å². The molecule has 1 aliphatic rings. The van der Waals surface area contributed by atoms with E-state index in [4.69, 9.17) is 10.5 Å². The fraction of sp³-hybridized carbons (Fsp3) is 0.467. The van der Waals surface area contributed by atoms with Crippen LogP contribution in [0.25, 0.3) is 0 Å². The molecule has 1 aromatic heterocycles. The SMILES string of the molecule is COC(=O)C1CCN(C(=O)c2ccc(C#CCN)s2)CC1. The molecule has 1 amide bonds. The predicted octanol–water partition coefficient (Wildman–Crippen LogP) is 1.08. The Hall–Kier alpha value is -1.84. The zero-order chi connectivity index (χ0) is 15.2. The maximum atomic E-state index is 12.4. The van der Waals surface area contributed by atoms with Crippen LogP contribution in [0, 0.1) is 17.8 Å². The second kappa shape index (κ2) is 7.25. The van der Waals surface area contributed by atoms with Gasteiger partial charge in [0.15, 0.2) is 0 Å². The van der Waals surface area contributed by atoms with Gasteiger partial charge in [0.1, 0.15) is 0 Å². The summed E-state index contributed by atoms with van der Waals surface area (Å²) in [5.74, 6) is 5.43. The Balaban J connectivity index is 1.95. The molecule has 2 N–H and O–H groups in total. The van der Waals surface area contributed by atoms with Gasteiger partial charge in [-0.15, -0.1) is 11.3 Å². The van der Waals surface area contributed by atoms with Gasteiger partial charge in [0.2, 0.25) is 0 Å². The van der Waals surface area contributed by atoms with Crippen molar-refractivity contribution >= 4 is 23.2 Å². The Morgan fingerprint density at radius 3 is 2.76 bits per heavy atom. The average Bonchev–Trinajstić information content (AvgIpc) is 3.00. The van der Waals surface area contributed by atoms with Gasteiger partial charge >= 0.3 is 5.97 Å². The third-order valence-electron chi connectivity index (χ3n) is 3.45. The number of hydrogen-bond donors (Lipinski definition) is 1. The van der Waals surface area contributed by atoms with E-state index in [1.165, 1.54) is 18.4 Å². The van der Waals surface area contributed by atoms with Crippen LogP contribution in [0.1, 0.15) is 27.4 Å². The lowest BCUT2D eigenvalue weighted by molar-refractivity contribution is -0.146. The second-order valence-electron chi connectivity index (χ2n) is 4.76. The molecule has 0 saturated carbocycles. The van der Waals surface area contributed by atoms with Crippen molar-refractivity contribution in [2.45, 2.75) is 12.8 Å². The van der Waals surface area contributed by atoms with E-state index in [2.05, 4.69) is 11.8 Å². The van der Waals surface area contributed by atoms with Crippen molar-refractivity contribution in [1.82, 2.24) is 4.90 Å². The molecule has 0 radical (unpaired) electrons. The van der Waals surface area contributed by atoms with Gasteiger partial charge in [0.25, 0.3) is 5.91 Å². The van der Waals surface area contributed by atoms with Crippen LogP contribution in [-0.2, 0) is 9.53 Å². The molecule has 1 fully saturated rings. The quantitative estimate of drug-likeness (QED) is 0.655. The lowest BCUT2D eigenvalue weighted by Crippen LogP contribution is -2.40. The van der Waals surface area contributed by atoms with Crippen LogP contribution in [0.15, 0.2) is 12.1 Å². The maximum absolute atomic E-state index is 12.4. The van der Waals surface area contributed by atoms with Crippen molar-refractivity contribution in [2.24, 2.45) is 11.7 Å². The van der Waals surface area contributed by atoms with Crippen molar-refractivity contribution in [3.63, 3.8) is 0 Å². The number of carbonyl (C=O) groups excluding carboxylic acids is 2. The molecule has 1 aromatic rings. The number of nitrogens with two attached hydrogens (primary N) is 1. The summed E-state index contributed by atoms with van der Waals surface area (Å²) in [7, 11) is 1.40. The molecule has 0 spiro atoms. The van der Waals surface area contributed by atoms with E-state index in [1.807, 2.05) is 6.07 Å². The Kier molecular flexibility index (Phi) is 5.37. The van der Waals surface area contributed by atoms with Crippen molar-refractivity contribution in [2.75, 3.05) is 26.7 Å². The number of likely N-dealkylation sites (tertiary alicyclic amines) is 1. The fourth-order valence-corrected chi connectivity index (χ4v) is 3.15. The predicted molar refractivity (Wildman–Crippen MR) is 80.9 cm³/mol. The first-order chi connectivity index (χ1) is 10.2. The van der Waals surface area contributed by atoms with Crippen molar-refractivity contribution in [3.05, 3.63) is 21.9 Å². The number of methoxy groups -OCH3 is 1. The summed E-state index contributed by atoms with van der Waals surface area (Å²) >= 11 is 1.37. The number of hydrogen-bond acceptors (Lipinski definition) is 5. The molecule has 0 aliphatic carbocycles. The molecule has 112 valence electrons. The molecular weight excluding hydrogens is 288 g/mol. The molecule has 5 nitrogen and oxygen atoms in total. The first-order valence-electron chi connectivity index (χ1n) is 6.81. The van der Waals surface area contributed by atoms with Crippen molar-refractivity contribution in [3.8, 4) is 11.8 Å². The molecule has 2 heterocycles. The molecule has 1 aliphatic heterocycles. The standard InChI is InChI=1S/C15H18N2O3S/c1-20-15(19)11-6-9-17(10-7-11)14(18)13-5-4-12(21-13)3-2-8-16/h4-5,11H,6-10,16H2,1H3. The molecule has 0 aromatic carbocycles. The number of piperidine rings is 1. The highest BCUT2D eigenvalue weighted by Crippen LogP contribution is 2.23. The van der Waals surface area contributed by atoms with Crippen LogP contribution in [-0.4, -0.2) is 43.5 Å². The number of nitrogens with zero attached hydrogens (tertiary/aromatic N) is 1. The third kappa shape index (κ3) is 3.84. The zero-order valence-corrected chi connectivity index (χ0v) is 12.7. The minimum Gasteiger partial charge on any atom is -0.469 e. The van der Waals surface area contributed by atoms with E-state index in [0.29, 0.717) is 37.4 Å². The van der Waals surface area contributed by atoms with Gasteiger partial charge in [0.05, 0.1) is 29.3 Å². The van der Waals surface area contributed by atoms with E-state index in [1.54, 1.807) is 11.0 Å². The molecule has 0 unspecified atom stereocenters. The van der Waals surface area contributed by atoms with E-state index >= 15 is 0 Å². The van der Waals surface area contributed by atoms with Gasteiger partial charge in [-0.2, -0.15) is 0 Å². The smallest absolute Gasteiger partial charge is 0.308 e. The maximum Gasteiger partial charge on any atom is 0.308 e. The first-order valence-corrected chi connectivity index (χ1v) is 7.63. The minimum absolute atomic E-state index is 0.00381. The third-order valence-corrected chi connectivity index (χ3v) is 4.44. The first kappa shape index (κ1) is 15.5. The second-order valence-corrected chi connectivity index (χ2v) is 5.84. The van der Waals surface area contributed by atoms with Gasteiger partial charge in [-0.05, 0) is 25.0 Å². The number of esters is 1. The van der Waals surface area contributed by atoms with E-state index in [9.17, 15) is 9.59 Å². The fourth-order valence-electron chi connectivity index (χ4n) is 2.30. The van der Waals surface area contributed by atoms with E-state index < -0.39 is 0 Å². The lowest BCUT2D eigenvalue weighted by atomic mass is 9.97. The molecular formula is C15H18N2O3S. The van der Waals surface area contributed by atoms with E-state index in [0.717, 1.165) is 4.88 Å². The number of amides is 1. The molecule has 0 atom stereocenters. The summed E-state index contributed by atoms with van der Waals surface area (Å²) in [6.45, 7) is 1.48. The Labute approximate surface area is 128 Å². The number of rotatable bonds is 2. The summed E-state index contributed by atoms with van der Waals surface area (Å²) < 4.78 is 4.75. The normalized spacial score (nSPS) is 15.2. The highest BCUT2D eigenvalue weighted by atomic mass is 32.1. The van der Waals surface area contributed by atoms with Crippen molar-refractivity contribution < 1.29 is 14.3 Å². The van der Waals surface area contributed by atoms with Crippen molar-refractivity contribution in [1.29, 1.82) is 0 Å². The molecule has 1 saturated heterocycles. The highest BCUT2D eigenvalue weighted by Gasteiger charge is 2.28. The van der Waals surface area contributed by atoms with Gasteiger partial charge < -0.3 is 15.4 Å². The van der Waals surface area contributed by atoms with Gasteiger partial charge in [-0.25, -0.2) is 0 Å². The summed E-state index contributed by atoms with van der Waals surface area (Å²) in [5, 5.41) is 0. The largest absolute Gasteiger partial charge is 0.469 e. The summed E-state index contributed by atoms with van der Waals surface area (Å²) in [6.07, 6.45) is 1.31. The van der Waals surface area contributed by atoms with Gasteiger partial charge in [-0.3, -0.25) is 9.59 Å². The number of ether oxygens (including phenoxy) is 1. The van der Waals surface area contributed by atoms with E-state index in [-0.39, 0.29) is 17.8 Å². The molecule has 0 bridgehead atoms. The Morgan fingerprint density at radius 1 is 1.43 bits per heavy atom. The van der Waals surface area contributed by atoms with Crippen LogP contribution >= 0.6 is 11.3 Å². The average molecular weight is 306 g/mol. The topological polar surface area (TPSA) is 72.6 Å². The monoisotopic (exact) mass is 306 g/mol.